The molecule has 1 heterocycles. The van der Waals surface area contributed by atoms with E-state index in [2.05, 4.69) is 20.7 Å². The summed E-state index contributed by atoms with van der Waals surface area (Å²) in [5.74, 6) is -0.0436. The number of hydrogen-bond acceptors (Lipinski definition) is 4. The Kier molecular flexibility index (Phi) is 4.29. The molecular formula is C18H18N4O2. The lowest BCUT2D eigenvalue weighted by Crippen LogP contribution is -2.18. The second-order valence-corrected chi connectivity index (χ2v) is 5.78. The highest BCUT2D eigenvalue weighted by atomic mass is 16.3. The average Bonchev–Trinajstić information content (AvgIpc) is 3.07. The third-order valence-electron chi connectivity index (χ3n) is 3.76. The number of rotatable bonds is 4. The molecule has 0 fully saturated rings. The van der Waals surface area contributed by atoms with E-state index in [-0.39, 0.29) is 17.4 Å². The maximum absolute atomic E-state index is 12.0. The van der Waals surface area contributed by atoms with Crippen molar-refractivity contribution >= 4 is 22.9 Å². The molecule has 0 bridgehead atoms. The van der Waals surface area contributed by atoms with Gasteiger partial charge in [-0.15, -0.1) is 0 Å². The highest BCUT2D eigenvalue weighted by molar-refractivity contribution is 6.03. The molecule has 1 amide bonds. The zero-order valence-corrected chi connectivity index (χ0v) is 13.4. The zero-order valence-electron chi connectivity index (χ0n) is 13.4. The van der Waals surface area contributed by atoms with Gasteiger partial charge in [0.2, 0.25) is 0 Å². The SMILES string of the molecule is CC(C)c1cc(C(=O)N/N=C\c2c(O)ccc3ccccc23)n[nH]1. The molecule has 0 atom stereocenters. The Morgan fingerprint density at radius 2 is 2.08 bits per heavy atom. The van der Waals surface area contributed by atoms with Crippen LogP contribution in [0.4, 0.5) is 0 Å². The van der Waals surface area contributed by atoms with Crippen LogP contribution in [0.5, 0.6) is 5.75 Å². The highest BCUT2D eigenvalue weighted by Gasteiger charge is 2.11. The number of carbonyl (C=O) groups is 1. The van der Waals surface area contributed by atoms with Crippen LogP contribution in [0.1, 0.15) is 41.5 Å². The van der Waals surface area contributed by atoms with Crippen molar-refractivity contribution in [1.82, 2.24) is 15.6 Å². The van der Waals surface area contributed by atoms with Gasteiger partial charge in [0.05, 0.1) is 6.21 Å². The van der Waals surface area contributed by atoms with Crippen LogP contribution in [0.2, 0.25) is 0 Å². The van der Waals surface area contributed by atoms with Crippen LogP contribution in [0.15, 0.2) is 47.6 Å². The number of aromatic amines is 1. The van der Waals surface area contributed by atoms with E-state index in [0.29, 0.717) is 5.56 Å². The van der Waals surface area contributed by atoms with Gasteiger partial charge >= 0.3 is 0 Å². The smallest absolute Gasteiger partial charge is 0.291 e. The van der Waals surface area contributed by atoms with Crippen molar-refractivity contribution in [3.63, 3.8) is 0 Å². The molecule has 6 nitrogen and oxygen atoms in total. The minimum absolute atomic E-state index is 0.105. The van der Waals surface area contributed by atoms with Crippen molar-refractivity contribution in [2.75, 3.05) is 0 Å². The normalized spacial score (nSPS) is 11.5. The molecule has 24 heavy (non-hydrogen) atoms. The number of phenols is 1. The van der Waals surface area contributed by atoms with Crippen LogP contribution in [0, 0.1) is 0 Å². The molecule has 6 heteroatoms. The molecule has 1 aromatic heterocycles. The number of fused-ring (bicyclic) bond motifs is 1. The number of carbonyl (C=O) groups excluding carboxylic acids is 1. The van der Waals surface area contributed by atoms with Crippen molar-refractivity contribution in [3.8, 4) is 5.75 Å². The number of hydrogen-bond donors (Lipinski definition) is 3. The van der Waals surface area contributed by atoms with Crippen LogP contribution in [0.3, 0.4) is 0 Å². The number of aromatic nitrogens is 2. The van der Waals surface area contributed by atoms with Gasteiger partial charge in [-0.05, 0) is 28.8 Å². The van der Waals surface area contributed by atoms with Gasteiger partial charge in [-0.3, -0.25) is 9.89 Å². The average molecular weight is 322 g/mol. The third-order valence-corrected chi connectivity index (χ3v) is 3.76. The molecule has 3 rings (SSSR count). The van der Waals surface area contributed by atoms with Gasteiger partial charge in [0.25, 0.3) is 5.91 Å². The predicted molar refractivity (Wildman–Crippen MR) is 93.3 cm³/mol. The van der Waals surface area contributed by atoms with E-state index in [9.17, 15) is 9.90 Å². The van der Waals surface area contributed by atoms with E-state index in [4.69, 9.17) is 0 Å². The lowest BCUT2D eigenvalue weighted by Gasteiger charge is -2.04. The summed E-state index contributed by atoms with van der Waals surface area (Å²) in [5.41, 5.74) is 4.14. The molecule has 0 spiro atoms. The number of amides is 1. The first kappa shape index (κ1) is 15.7. The molecule has 0 aliphatic heterocycles. The van der Waals surface area contributed by atoms with Gasteiger partial charge in [-0.1, -0.05) is 44.2 Å². The molecule has 0 aliphatic carbocycles. The zero-order chi connectivity index (χ0) is 17.1. The maximum Gasteiger partial charge on any atom is 0.291 e. The Morgan fingerprint density at radius 3 is 2.83 bits per heavy atom. The van der Waals surface area contributed by atoms with Gasteiger partial charge in [-0.2, -0.15) is 10.2 Å². The van der Waals surface area contributed by atoms with Gasteiger partial charge in [-0.25, -0.2) is 5.43 Å². The fourth-order valence-corrected chi connectivity index (χ4v) is 2.38. The summed E-state index contributed by atoms with van der Waals surface area (Å²) in [6.07, 6.45) is 1.44. The van der Waals surface area contributed by atoms with Crippen molar-refractivity contribution in [3.05, 3.63) is 59.4 Å². The topological polar surface area (TPSA) is 90.4 Å². The molecule has 3 N–H and O–H groups in total. The number of aromatic hydroxyl groups is 1. The number of benzene rings is 2. The lowest BCUT2D eigenvalue weighted by molar-refractivity contribution is 0.0950. The summed E-state index contributed by atoms with van der Waals surface area (Å²) < 4.78 is 0. The van der Waals surface area contributed by atoms with E-state index in [1.54, 1.807) is 12.1 Å². The summed E-state index contributed by atoms with van der Waals surface area (Å²) in [4.78, 5) is 12.0. The fraction of sp³-hybridized carbons (Fsp3) is 0.167. The van der Waals surface area contributed by atoms with E-state index < -0.39 is 5.91 Å². The highest BCUT2D eigenvalue weighted by Crippen LogP contribution is 2.25. The van der Waals surface area contributed by atoms with E-state index in [1.165, 1.54) is 6.21 Å². The van der Waals surface area contributed by atoms with Crippen molar-refractivity contribution < 1.29 is 9.90 Å². The Morgan fingerprint density at radius 1 is 1.29 bits per heavy atom. The first-order chi connectivity index (χ1) is 11.6. The quantitative estimate of drug-likeness (QED) is 0.509. The van der Waals surface area contributed by atoms with E-state index in [1.807, 2.05) is 44.2 Å². The first-order valence-corrected chi connectivity index (χ1v) is 7.65. The Hall–Kier alpha value is -3.15. The van der Waals surface area contributed by atoms with Crippen molar-refractivity contribution in [1.29, 1.82) is 0 Å². The van der Waals surface area contributed by atoms with Gasteiger partial charge in [0, 0.05) is 11.3 Å². The number of hydrazone groups is 1. The summed E-state index contributed by atoms with van der Waals surface area (Å²) in [5, 5.41) is 22.6. The molecule has 0 aliphatic rings. The maximum atomic E-state index is 12.0. The minimum Gasteiger partial charge on any atom is -0.507 e. The molecule has 3 aromatic rings. The molecule has 0 unspecified atom stereocenters. The Bertz CT molecular complexity index is 912. The van der Waals surface area contributed by atoms with Crippen molar-refractivity contribution in [2.45, 2.75) is 19.8 Å². The third kappa shape index (κ3) is 3.12. The van der Waals surface area contributed by atoms with E-state index in [0.717, 1.165) is 16.5 Å². The van der Waals surface area contributed by atoms with Crippen LogP contribution in [0.25, 0.3) is 10.8 Å². The van der Waals surface area contributed by atoms with Gasteiger partial charge in [0.15, 0.2) is 5.69 Å². The molecule has 0 saturated heterocycles. The fourth-order valence-electron chi connectivity index (χ4n) is 2.38. The molecular weight excluding hydrogens is 304 g/mol. The summed E-state index contributed by atoms with van der Waals surface area (Å²) >= 11 is 0. The monoisotopic (exact) mass is 322 g/mol. The van der Waals surface area contributed by atoms with Crippen LogP contribution < -0.4 is 5.43 Å². The Balaban J connectivity index is 1.79. The molecule has 0 radical (unpaired) electrons. The second kappa shape index (κ2) is 6.54. The standard InChI is InChI=1S/C18H18N4O2/c1-11(2)15-9-16(21-20-15)18(24)22-19-10-14-13-6-4-3-5-12(13)7-8-17(14)23/h3-11,23H,1-2H3,(H,20,21)(H,22,24)/b19-10-. The molecule has 0 saturated carbocycles. The number of phenolic OH excluding ortho intramolecular Hbond substituents is 1. The van der Waals surface area contributed by atoms with Crippen LogP contribution in [-0.4, -0.2) is 27.4 Å². The summed E-state index contributed by atoms with van der Waals surface area (Å²) in [6, 6.07) is 12.8. The van der Waals surface area contributed by atoms with Gasteiger partial charge in [0.1, 0.15) is 5.75 Å². The number of H-pyrrole nitrogens is 1. The second-order valence-electron chi connectivity index (χ2n) is 5.78. The van der Waals surface area contributed by atoms with Crippen molar-refractivity contribution in [2.24, 2.45) is 5.10 Å². The predicted octanol–water partition coefficient (Wildman–Crippen LogP) is 3.16. The van der Waals surface area contributed by atoms with Crippen LogP contribution in [-0.2, 0) is 0 Å². The first-order valence-electron chi connectivity index (χ1n) is 7.65. The minimum atomic E-state index is -0.408. The molecule has 122 valence electrons. The van der Waals surface area contributed by atoms with Crippen LogP contribution >= 0.6 is 0 Å². The number of nitrogens with one attached hydrogen (secondary N) is 2. The largest absolute Gasteiger partial charge is 0.507 e. The Labute approximate surface area is 139 Å². The lowest BCUT2D eigenvalue weighted by atomic mass is 10.0. The summed E-state index contributed by atoms with van der Waals surface area (Å²) in [7, 11) is 0. The van der Waals surface area contributed by atoms with Gasteiger partial charge < -0.3 is 5.11 Å². The van der Waals surface area contributed by atoms with E-state index >= 15 is 0 Å². The molecule has 2 aromatic carbocycles. The summed E-state index contributed by atoms with van der Waals surface area (Å²) in [6.45, 7) is 4.02. The number of nitrogens with zero attached hydrogens (tertiary/aromatic N) is 2.